The molecule has 7 nitrogen and oxygen atoms in total. The average molecular weight is 441 g/mol. The van der Waals surface area contributed by atoms with Crippen molar-refractivity contribution in [2.45, 2.75) is 31.7 Å². The molecule has 1 aliphatic rings. The highest BCUT2D eigenvalue weighted by molar-refractivity contribution is 7.93. The maximum Gasteiger partial charge on any atom is 0.268 e. The third-order valence-corrected chi connectivity index (χ3v) is 8.23. The second-order valence-corrected chi connectivity index (χ2v) is 9.98. The Hall–Kier alpha value is -2.91. The van der Waals surface area contributed by atoms with Gasteiger partial charge in [-0.05, 0) is 43.3 Å². The lowest BCUT2D eigenvalue weighted by Crippen LogP contribution is -2.30. The van der Waals surface area contributed by atoms with Crippen LogP contribution in [0.5, 0.6) is 0 Å². The summed E-state index contributed by atoms with van der Waals surface area (Å²) in [7, 11) is -3.71. The lowest BCUT2D eigenvalue weighted by molar-refractivity contribution is 0.569. The van der Waals surface area contributed by atoms with Gasteiger partial charge in [-0.3, -0.25) is 8.99 Å². The van der Waals surface area contributed by atoms with E-state index in [1.54, 1.807) is 36.1 Å². The van der Waals surface area contributed by atoms with Crippen LogP contribution in [0.3, 0.4) is 0 Å². The van der Waals surface area contributed by atoms with Crippen LogP contribution in [0.4, 0.5) is 5.69 Å². The molecule has 1 aromatic carbocycles. The van der Waals surface area contributed by atoms with Crippen LogP contribution in [-0.4, -0.2) is 29.7 Å². The summed E-state index contributed by atoms with van der Waals surface area (Å²) in [4.78, 5) is 5.74. The van der Waals surface area contributed by atoms with Crippen molar-refractivity contribution >= 4 is 27.0 Å². The fourth-order valence-corrected chi connectivity index (χ4v) is 6.46. The van der Waals surface area contributed by atoms with E-state index in [0.29, 0.717) is 42.5 Å². The van der Waals surface area contributed by atoms with Gasteiger partial charge in [0.15, 0.2) is 0 Å². The van der Waals surface area contributed by atoms with Crippen LogP contribution in [0.15, 0.2) is 57.4 Å². The van der Waals surface area contributed by atoms with E-state index in [4.69, 9.17) is 4.42 Å². The molecule has 0 spiro atoms. The minimum Gasteiger partial charge on any atom is -0.443 e. The van der Waals surface area contributed by atoms with Crippen molar-refractivity contribution in [2.75, 3.05) is 10.8 Å². The monoisotopic (exact) mass is 440 g/mol. The van der Waals surface area contributed by atoms with Gasteiger partial charge >= 0.3 is 0 Å². The molecule has 30 heavy (non-hydrogen) atoms. The Kier molecular flexibility index (Phi) is 4.52. The number of rotatable bonds is 5. The zero-order valence-corrected chi connectivity index (χ0v) is 18.2. The molecule has 3 aromatic heterocycles. The number of oxazole rings is 1. The maximum atomic E-state index is 13.5. The fourth-order valence-electron chi connectivity index (χ4n) is 3.92. The topological polar surface area (TPSA) is 81.2 Å². The van der Waals surface area contributed by atoms with Crippen molar-refractivity contribution in [1.82, 2.24) is 14.8 Å². The zero-order chi connectivity index (χ0) is 20.9. The minimum atomic E-state index is -3.71. The van der Waals surface area contributed by atoms with Crippen molar-refractivity contribution in [2.24, 2.45) is 0 Å². The van der Waals surface area contributed by atoms with E-state index in [1.807, 2.05) is 41.8 Å². The van der Waals surface area contributed by atoms with Crippen molar-refractivity contribution in [3.8, 4) is 10.8 Å². The van der Waals surface area contributed by atoms with Crippen molar-refractivity contribution in [3.05, 3.63) is 70.7 Å². The van der Waals surface area contributed by atoms with Crippen LogP contribution >= 0.6 is 11.3 Å². The summed E-state index contributed by atoms with van der Waals surface area (Å²) < 4.78 is 35.8. The van der Waals surface area contributed by atoms with Crippen molar-refractivity contribution < 1.29 is 12.8 Å². The maximum absolute atomic E-state index is 13.5. The number of hydrogen-bond donors (Lipinski definition) is 0. The molecule has 0 saturated heterocycles. The van der Waals surface area contributed by atoms with Crippen LogP contribution in [0.1, 0.15) is 22.6 Å². The largest absolute Gasteiger partial charge is 0.443 e. The van der Waals surface area contributed by atoms with Gasteiger partial charge in [0.1, 0.15) is 16.9 Å². The number of thiophene rings is 1. The first-order chi connectivity index (χ1) is 14.4. The molecule has 0 amide bonds. The molecule has 0 aliphatic carbocycles. The molecule has 0 saturated carbocycles. The third-order valence-electron chi connectivity index (χ3n) is 5.30. The third kappa shape index (κ3) is 3.05. The molecular weight excluding hydrogens is 420 g/mol. The number of benzene rings is 1. The van der Waals surface area contributed by atoms with Gasteiger partial charge in [-0.1, -0.05) is 24.3 Å². The van der Waals surface area contributed by atoms with Crippen LogP contribution < -0.4 is 4.31 Å². The highest BCUT2D eigenvalue weighted by atomic mass is 32.2. The second-order valence-electron chi connectivity index (χ2n) is 7.23. The zero-order valence-electron chi connectivity index (χ0n) is 16.6. The molecule has 0 unspecified atom stereocenters. The molecular formula is C21H20N4O3S2. The number of hydrogen-bond acceptors (Lipinski definition) is 6. The van der Waals surface area contributed by atoms with Gasteiger partial charge in [-0.25, -0.2) is 13.4 Å². The minimum absolute atomic E-state index is 0.265. The molecule has 5 rings (SSSR count). The van der Waals surface area contributed by atoms with E-state index < -0.39 is 10.0 Å². The molecule has 4 aromatic rings. The van der Waals surface area contributed by atoms with E-state index in [1.165, 1.54) is 4.31 Å². The summed E-state index contributed by atoms with van der Waals surface area (Å²) in [5.74, 6) is 0.558. The summed E-state index contributed by atoms with van der Waals surface area (Å²) in [6.07, 6.45) is 2.31. The van der Waals surface area contributed by atoms with Crippen molar-refractivity contribution in [1.29, 1.82) is 0 Å². The van der Waals surface area contributed by atoms with E-state index in [9.17, 15) is 8.42 Å². The molecule has 0 fully saturated rings. The number of fused-ring (bicyclic) bond motifs is 1. The van der Waals surface area contributed by atoms with Crippen LogP contribution in [0, 0.1) is 13.8 Å². The lowest BCUT2D eigenvalue weighted by Gasteiger charge is -2.19. The molecule has 1 aliphatic heterocycles. The van der Waals surface area contributed by atoms with Gasteiger partial charge in [0.25, 0.3) is 10.0 Å². The van der Waals surface area contributed by atoms with E-state index >= 15 is 0 Å². The van der Waals surface area contributed by atoms with Gasteiger partial charge in [-0.2, -0.15) is 5.10 Å². The van der Waals surface area contributed by atoms with E-state index in [0.717, 1.165) is 16.1 Å². The first kappa shape index (κ1) is 19.1. The molecule has 0 N–H and O–H groups in total. The van der Waals surface area contributed by atoms with Gasteiger partial charge in [0.05, 0.1) is 28.5 Å². The fraction of sp³-hybridized carbons (Fsp3) is 0.238. The molecule has 0 atom stereocenters. The number of anilines is 1. The summed E-state index contributed by atoms with van der Waals surface area (Å²) in [6.45, 7) is 4.31. The summed E-state index contributed by atoms with van der Waals surface area (Å²) in [6, 6.07) is 11.5. The Morgan fingerprint density at radius 1 is 1.17 bits per heavy atom. The summed E-state index contributed by atoms with van der Waals surface area (Å²) >= 11 is 1.55. The number of sulfonamides is 1. The molecule has 0 radical (unpaired) electrons. The molecule has 4 heterocycles. The Morgan fingerprint density at radius 3 is 2.80 bits per heavy atom. The Bertz CT molecular complexity index is 1320. The molecule has 9 heteroatoms. The first-order valence-electron chi connectivity index (χ1n) is 9.58. The number of nitrogens with zero attached hydrogens (tertiary/aromatic N) is 4. The Labute approximate surface area is 178 Å². The van der Waals surface area contributed by atoms with Crippen molar-refractivity contribution in [3.63, 3.8) is 0 Å². The molecule has 154 valence electrons. The van der Waals surface area contributed by atoms with E-state index in [2.05, 4.69) is 10.1 Å². The predicted molar refractivity (Wildman–Crippen MR) is 115 cm³/mol. The quantitative estimate of drug-likeness (QED) is 0.468. The van der Waals surface area contributed by atoms with Gasteiger partial charge in [0.2, 0.25) is 5.89 Å². The lowest BCUT2D eigenvalue weighted by atomic mass is 10.2. The SMILES string of the molecule is Cc1nn(Cc2coc(-c3cccs3)n2)c(C)c1S(=O)(=O)N1CCc2ccccc21. The van der Waals surface area contributed by atoms with Crippen LogP contribution in [-0.2, 0) is 23.0 Å². The van der Waals surface area contributed by atoms with Crippen LogP contribution in [0.2, 0.25) is 0 Å². The molecule has 0 bridgehead atoms. The number of para-hydroxylation sites is 1. The average Bonchev–Trinajstić information content (AvgIpc) is 3.48. The first-order valence-corrected chi connectivity index (χ1v) is 11.9. The Balaban J connectivity index is 1.47. The predicted octanol–water partition coefficient (Wildman–Crippen LogP) is 4.02. The standard InChI is InChI=1S/C21H20N4O3S2/c1-14-20(30(26,27)25-10-9-16-6-3-4-7-18(16)25)15(2)24(23-14)12-17-13-28-21(22-17)19-8-5-11-29-19/h3-8,11,13H,9-10,12H2,1-2H3. The van der Waals surface area contributed by atoms with Gasteiger partial charge < -0.3 is 4.42 Å². The number of aromatic nitrogens is 3. The Morgan fingerprint density at radius 2 is 2.00 bits per heavy atom. The summed E-state index contributed by atoms with van der Waals surface area (Å²) in [5, 5.41) is 6.47. The van der Waals surface area contributed by atoms with E-state index in [-0.39, 0.29) is 4.90 Å². The normalized spacial score (nSPS) is 13.7. The highest BCUT2D eigenvalue weighted by Gasteiger charge is 2.35. The second kappa shape index (κ2) is 7.10. The smallest absolute Gasteiger partial charge is 0.268 e. The van der Waals surface area contributed by atoms with Gasteiger partial charge in [0, 0.05) is 6.54 Å². The highest BCUT2D eigenvalue weighted by Crippen LogP contribution is 2.34. The summed E-state index contributed by atoms with van der Waals surface area (Å²) in [5.41, 5.74) is 3.57. The number of aryl methyl sites for hydroxylation is 1. The van der Waals surface area contributed by atoms with Gasteiger partial charge in [-0.15, -0.1) is 11.3 Å². The van der Waals surface area contributed by atoms with Crippen LogP contribution in [0.25, 0.3) is 10.8 Å².